The molecular formula is C15H14N2O5S. The minimum absolute atomic E-state index is 0.0842. The average Bonchev–Trinajstić information content (AvgIpc) is 2.72. The van der Waals surface area contributed by atoms with Crippen molar-refractivity contribution in [2.45, 2.75) is 31.2 Å². The molecule has 2 aliphatic rings. The second-order valence-corrected chi connectivity index (χ2v) is 6.07. The van der Waals surface area contributed by atoms with E-state index in [0.29, 0.717) is 0 Å². The molecular weight excluding hydrogens is 320 g/mol. The first-order chi connectivity index (χ1) is 10.9. The van der Waals surface area contributed by atoms with Crippen LogP contribution in [0, 0.1) is 0 Å². The van der Waals surface area contributed by atoms with E-state index in [9.17, 15) is 19.2 Å². The van der Waals surface area contributed by atoms with Gasteiger partial charge in [0.05, 0.1) is 11.1 Å². The Morgan fingerprint density at radius 1 is 1.26 bits per heavy atom. The van der Waals surface area contributed by atoms with Crippen LogP contribution in [-0.2, 0) is 9.59 Å². The van der Waals surface area contributed by atoms with Gasteiger partial charge in [-0.2, -0.15) is 0 Å². The zero-order valence-electron chi connectivity index (χ0n) is 12.2. The lowest BCUT2D eigenvalue weighted by atomic mass is 10.0. The van der Waals surface area contributed by atoms with Gasteiger partial charge >= 0.3 is 0 Å². The van der Waals surface area contributed by atoms with E-state index in [0.717, 1.165) is 4.90 Å². The molecule has 1 fully saturated rings. The molecule has 2 atom stereocenters. The van der Waals surface area contributed by atoms with Crippen molar-refractivity contribution in [1.82, 2.24) is 10.2 Å². The number of fused-ring (bicyclic) bond motifs is 1. The van der Waals surface area contributed by atoms with Crippen LogP contribution in [-0.4, -0.2) is 40.0 Å². The third kappa shape index (κ3) is 2.59. The fraction of sp³-hybridized carbons (Fsp3) is 0.333. The Labute approximate surface area is 137 Å². The second kappa shape index (κ2) is 5.69. The van der Waals surface area contributed by atoms with Crippen molar-refractivity contribution in [3.05, 3.63) is 29.3 Å². The molecule has 1 aromatic rings. The predicted octanol–water partition coefficient (Wildman–Crippen LogP) is 0.742. The summed E-state index contributed by atoms with van der Waals surface area (Å²) >= 11 is 4.12. The van der Waals surface area contributed by atoms with Gasteiger partial charge in [0.25, 0.3) is 11.8 Å². The molecule has 1 aromatic carbocycles. The number of hydrogen-bond donors (Lipinski definition) is 2. The quantitative estimate of drug-likeness (QED) is 0.483. The van der Waals surface area contributed by atoms with E-state index < -0.39 is 35.1 Å². The Morgan fingerprint density at radius 3 is 2.65 bits per heavy atom. The summed E-state index contributed by atoms with van der Waals surface area (Å²) in [4.78, 5) is 49.3. The molecule has 0 radical (unpaired) electrons. The summed E-state index contributed by atoms with van der Waals surface area (Å²) in [6.07, 6.45) is 0.205. The number of ether oxygens (including phenoxy) is 1. The summed E-state index contributed by atoms with van der Waals surface area (Å²) < 4.78 is 5.47. The minimum atomic E-state index is -0.985. The van der Waals surface area contributed by atoms with Crippen LogP contribution >= 0.6 is 12.6 Å². The Morgan fingerprint density at radius 2 is 2.00 bits per heavy atom. The molecule has 0 bridgehead atoms. The van der Waals surface area contributed by atoms with E-state index in [1.165, 1.54) is 6.07 Å². The zero-order chi connectivity index (χ0) is 16.7. The number of piperidine rings is 1. The van der Waals surface area contributed by atoms with Crippen LogP contribution in [0.3, 0.4) is 0 Å². The highest BCUT2D eigenvalue weighted by molar-refractivity contribution is 7.80. The predicted molar refractivity (Wildman–Crippen MR) is 82.2 cm³/mol. The summed E-state index contributed by atoms with van der Waals surface area (Å²) in [5.41, 5.74) is -0.150. The van der Waals surface area contributed by atoms with E-state index >= 15 is 0 Å². The molecule has 2 unspecified atom stereocenters. The molecule has 0 aliphatic carbocycles. The third-order valence-corrected chi connectivity index (χ3v) is 3.83. The number of carbonyl (C=O) groups excluding carboxylic acids is 4. The molecule has 1 N–H and O–H groups in total. The topological polar surface area (TPSA) is 92.8 Å². The highest BCUT2D eigenvalue weighted by atomic mass is 32.1. The number of benzene rings is 1. The van der Waals surface area contributed by atoms with Crippen LogP contribution in [0.1, 0.15) is 40.5 Å². The van der Waals surface area contributed by atoms with Gasteiger partial charge in [-0.1, -0.05) is 6.07 Å². The zero-order valence-corrected chi connectivity index (χ0v) is 13.1. The number of hydrogen-bond acceptors (Lipinski definition) is 6. The fourth-order valence-corrected chi connectivity index (χ4v) is 2.88. The Hall–Kier alpha value is -2.35. The van der Waals surface area contributed by atoms with Crippen LogP contribution in [0.5, 0.6) is 5.75 Å². The van der Waals surface area contributed by atoms with Gasteiger partial charge in [-0.25, -0.2) is 0 Å². The van der Waals surface area contributed by atoms with Gasteiger partial charge < -0.3 is 4.74 Å². The summed E-state index contributed by atoms with van der Waals surface area (Å²) in [5.74, 6) is -1.95. The molecule has 23 heavy (non-hydrogen) atoms. The van der Waals surface area contributed by atoms with Crippen molar-refractivity contribution >= 4 is 36.3 Å². The Kier molecular flexibility index (Phi) is 3.85. The molecule has 0 saturated carbocycles. The molecule has 2 aliphatic heterocycles. The van der Waals surface area contributed by atoms with Crippen LogP contribution in [0.25, 0.3) is 0 Å². The molecule has 1 saturated heterocycles. The van der Waals surface area contributed by atoms with Crippen LogP contribution < -0.4 is 10.1 Å². The first-order valence-corrected chi connectivity index (χ1v) is 7.61. The van der Waals surface area contributed by atoms with E-state index in [1.807, 2.05) is 0 Å². The van der Waals surface area contributed by atoms with Crippen molar-refractivity contribution in [3.8, 4) is 5.75 Å². The van der Waals surface area contributed by atoms with Gasteiger partial charge in [-0.05, 0) is 25.5 Å². The molecule has 7 nitrogen and oxygen atoms in total. The monoisotopic (exact) mass is 334 g/mol. The van der Waals surface area contributed by atoms with E-state index in [4.69, 9.17) is 4.74 Å². The van der Waals surface area contributed by atoms with Crippen LogP contribution in [0.4, 0.5) is 0 Å². The smallest absolute Gasteiger partial charge is 0.266 e. The Balaban J connectivity index is 1.98. The van der Waals surface area contributed by atoms with Gasteiger partial charge in [0.2, 0.25) is 11.8 Å². The van der Waals surface area contributed by atoms with Gasteiger partial charge in [0.1, 0.15) is 17.2 Å². The molecule has 3 rings (SSSR count). The molecule has 2 heterocycles. The van der Waals surface area contributed by atoms with Crippen molar-refractivity contribution in [2.24, 2.45) is 0 Å². The van der Waals surface area contributed by atoms with Crippen molar-refractivity contribution in [1.29, 1.82) is 0 Å². The molecule has 0 spiro atoms. The standard InChI is InChI=1S/C15H14N2O5S/c1-7(23)22-10-4-2-3-8-12(10)15(21)17(14(8)20)9-5-6-11(18)16-13(9)19/h2-4,7,9,23H,5-6H2,1H3,(H,16,18,19). The maximum Gasteiger partial charge on any atom is 0.266 e. The van der Waals surface area contributed by atoms with E-state index in [2.05, 4.69) is 17.9 Å². The lowest BCUT2D eigenvalue weighted by Crippen LogP contribution is -2.54. The summed E-state index contributed by atoms with van der Waals surface area (Å²) in [6, 6.07) is 3.70. The Bertz CT molecular complexity index is 731. The number of carbonyl (C=O) groups is 4. The van der Waals surface area contributed by atoms with Crippen molar-refractivity contribution in [2.75, 3.05) is 0 Å². The molecule has 120 valence electrons. The number of thiol groups is 1. The molecule has 0 aromatic heterocycles. The van der Waals surface area contributed by atoms with E-state index in [-0.39, 0.29) is 29.7 Å². The number of amides is 4. The first-order valence-electron chi connectivity index (χ1n) is 7.09. The first kappa shape index (κ1) is 15.5. The molecule has 4 amide bonds. The lowest BCUT2D eigenvalue weighted by molar-refractivity contribution is -0.136. The second-order valence-electron chi connectivity index (χ2n) is 5.34. The highest BCUT2D eigenvalue weighted by Gasteiger charge is 2.46. The largest absolute Gasteiger partial charge is 0.480 e. The maximum absolute atomic E-state index is 12.7. The van der Waals surface area contributed by atoms with Gasteiger partial charge in [0.15, 0.2) is 0 Å². The lowest BCUT2D eigenvalue weighted by Gasteiger charge is -2.27. The third-order valence-electron chi connectivity index (χ3n) is 3.73. The number of nitrogens with one attached hydrogen (secondary N) is 1. The van der Waals surface area contributed by atoms with Crippen LogP contribution in [0.2, 0.25) is 0 Å². The number of imide groups is 2. The summed E-state index contributed by atoms with van der Waals surface area (Å²) in [5, 5.41) is 2.15. The van der Waals surface area contributed by atoms with E-state index in [1.54, 1.807) is 19.1 Å². The number of nitrogens with zero attached hydrogens (tertiary/aromatic N) is 1. The highest BCUT2D eigenvalue weighted by Crippen LogP contribution is 2.34. The summed E-state index contributed by atoms with van der Waals surface area (Å²) in [7, 11) is 0. The van der Waals surface area contributed by atoms with Gasteiger partial charge in [-0.15, -0.1) is 12.6 Å². The van der Waals surface area contributed by atoms with Crippen LogP contribution in [0.15, 0.2) is 18.2 Å². The fourth-order valence-electron chi connectivity index (χ4n) is 2.77. The number of rotatable bonds is 3. The summed E-state index contributed by atoms with van der Waals surface area (Å²) in [6.45, 7) is 1.68. The SMILES string of the molecule is CC(S)Oc1cccc2c1C(=O)N(C1CCC(=O)NC1=O)C2=O. The molecule has 8 heteroatoms. The van der Waals surface area contributed by atoms with Crippen molar-refractivity contribution in [3.63, 3.8) is 0 Å². The maximum atomic E-state index is 12.7. The minimum Gasteiger partial charge on any atom is -0.480 e. The van der Waals surface area contributed by atoms with Crippen molar-refractivity contribution < 1.29 is 23.9 Å². The van der Waals surface area contributed by atoms with Gasteiger partial charge in [0, 0.05) is 6.42 Å². The normalized spacial score (nSPS) is 22.0. The average molecular weight is 334 g/mol. The van der Waals surface area contributed by atoms with Gasteiger partial charge in [-0.3, -0.25) is 29.4 Å².